The number of pyridine rings is 1. The lowest BCUT2D eigenvalue weighted by Crippen LogP contribution is -2.25. The zero-order valence-corrected chi connectivity index (χ0v) is 13.6. The molecule has 0 aromatic carbocycles. The SMILES string of the molecule is C=CC(=O)Nc1cc(/C=C/C2CCC(C)(F)CC2)c(OC)cn1. The first-order valence-electron chi connectivity index (χ1n) is 7.78. The number of alkyl halides is 1. The van der Waals surface area contributed by atoms with Gasteiger partial charge in [-0.3, -0.25) is 4.79 Å². The maximum atomic E-state index is 13.8. The number of anilines is 1. The first kappa shape index (κ1) is 17.2. The van der Waals surface area contributed by atoms with E-state index >= 15 is 0 Å². The highest BCUT2D eigenvalue weighted by Gasteiger charge is 2.29. The number of allylic oxidation sites excluding steroid dienone is 1. The molecule has 0 unspecified atom stereocenters. The minimum absolute atomic E-state index is 0.313. The molecule has 1 heterocycles. The van der Waals surface area contributed by atoms with Crippen LogP contribution in [0.2, 0.25) is 0 Å². The summed E-state index contributed by atoms with van der Waals surface area (Å²) in [5.74, 6) is 1.12. The van der Waals surface area contributed by atoms with E-state index in [-0.39, 0.29) is 5.91 Å². The molecular weight excluding hydrogens is 295 g/mol. The Balaban J connectivity index is 2.11. The number of hydrogen-bond donors (Lipinski definition) is 1. The van der Waals surface area contributed by atoms with Crippen molar-refractivity contribution in [2.45, 2.75) is 38.3 Å². The van der Waals surface area contributed by atoms with Crippen molar-refractivity contribution in [1.82, 2.24) is 4.98 Å². The highest BCUT2D eigenvalue weighted by Crippen LogP contribution is 2.35. The number of hydrogen-bond acceptors (Lipinski definition) is 3. The van der Waals surface area contributed by atoms with Crippen LogP contribution in [0.1, 0.15) is 38.2 Å². The Kier molecular flexibility index (Phi) is 5.53. The van der Waals surface area contributed by atoms with E-state index in [1.54, 1.807) is 26.3 Å². The summed E-state index contributed by atoms with van der Waals surface area (Å²) in [4.78, 5) is 15.5. The van der Waals surface area contributed by atoms with E-state index in [4.69, 9.17) is 4.74 Å². The van der Waals surface area contributed by atoms with Gasteiger partial charge in [-0.15, -0.1) is 0 Å². The number of halogens is 1. The Labute approximate surface area is 136 Å². The van der Waals surface area contributed by atoms with Crippen LogP contribution in [0.3, 0.4) is 0 Å². The monoisotopic (exact) mass is 318 g/mol. The van der Waals surface area contributed by atoms with Crippen molar-refractivity contribution in [2.75, 3.05) is 12.4 Å². The highest BCUT2D eigenvalue weighted by atomic mass is 19.1. The third-order valence-electron chi connectivity index (χ3n) is 4.17. The predicted molar refractivity (Wildman–Crippen MR) is 90.1 cm³/mol. The third kappa shape index (κ3) is 4.91. The summed E-state index contributed by atoms with van der Waals surface area (Å²) < 4.78 is 19.1. The van der Waals surface area contributed by atoms with Crippen molar-refractivity contribution in [2.24, 2.45) is 5.92 Å². The fourth-order valence-electron chi connectivity index (χ4n) is 2.68. The number of methoxy groups -OCH3 is 1. The Hall–Kier alpha value is -2.17. The Morgan fingerprint density at radius 3 is 2.83 bits per heavy atom. The molecule has 1 fully saturated rings. The van der Waals surface area contributed by atoms with Crippen LogP contribution in [0.4, 0.5) is 10.2 Å². The van der Waals surface area contributed by atoms with Crippen LogP contribution in [0, 0.1) is 5.92 Å². The van der Waals surface area contributed by atoms with Crippen LogP contribution < -0.4 is 10.1 Å². The van der Waals surface area contributed by atoms with Gasteiger partial charge in [-0.2, -0.15) is 0 Å². The Morgan fingerprint density at radius 1 is 1.52 bits per heavy atom. The van der Waals surface area contributed by atoms with Gasteiger partial charge in [0, 0.05) is 5.56 Å². The van der Waals surface area contributed by atoms with Gasteiger partial charge < -0.3 is 10.1 Å². The summed E-state index contributed by atoms with van der Waals surface area (Å²) in [6, 6.07) is 1.75. The van der Waals surface area contributed by atoms with Gasteiger partial charge in [0.15, 0.2) is 0 Å². The summed E-state index contributed by atoms with van der Waals surface area (Å²) in [6.45, 7) is 5.09. The number of amides is 1. The normalized spacial score (nSPS) is 24.4. The third-order valence-corrected chi connectivity index (χ3v) is 4.17. The molecule has 0 atom stereocenters. The smallest absolute Gasteiger partial charge is 0.248 e. The summed E-state index contributed by atoms with van der Waals surface area (Å²) in [5, 5.41) is 2.62. The number of carbonyl (C=O) groups excluding carboxylic acids is 1. The van der Waals surface area contributed by atoms with E-state index in [9.17, 15) is 9.18 Å². The van der Waals surface area contributed by atoms with E-state index in [1.165, 1.54) is 6.08 Å². The minimum atomic E-state index is -1.03. The van der Waals surface area contributed by atoms with Gasteiger partial charge >= 0.3 is 0 Å². The van der Waals surface area contributed by atoms with Crippen molar-refractivity contribution >= 4 is 17.8 Å². The molecular formula is C18H23FN2O2. The van der Waals surface area contributed by atoms with Crippen LogP contribution >= 0.6 is 0 Å². The fourth-order valence-corrected chi connectivity index (χ4v) is 2.68. The van der Waals surface area contributed by atoms with Crippen molar-refractivity contribution in [3.8, 4) is 5.75 Å². The Morgan fingerprint density at radius 2 is 2.22 bits per heavy atom. The van der Waals surface area contributed by atoms with Crippen molar-refractivity contribution in [3.63, 3.8) is 0 Å². The maximum Gasteiger partial charge on any atom is 0.248 e. The molecule has 1 N–H and O–H groups in total. The molecule has 1 amide bonds. The molecule has 0 spiro atoms. The van der Waals surface area contributed by atoms with Crippen LogP contribution in [0.15, 0.2) is 31.0 Å². The lowest BCUT2D eigenvalue weighted by atomic mass is 9.81. The molecule has 1 aliphatic rings. The predicted octanol–water partition coefficient (Wildman–Crippen LogP) is 4.15. The van der Waals surface area contributed by atoms with Crippen molar-refractivity contribution in [1.29, 1.82) is 0 Å². The minimum Gasteiger partial charge on any atom is -0.495 e. The first-order chi connectivity index (χ1) is 10.9. The fraction of sp³-hybridized carbons (Fsp3) is 0.444. The average Bonchev–Trinajstić information content (AvgIpc) is 2.54. The lowest BCUT2D eigenvalue weighted by molar-refractivity contribution is -0.111. The van der Waals surface area contributed by atoms with E-state index in [2.05, 4.69) is 23.0 Å². The summed E-state index contributed by atoms with van der Waals surface area (Å²) in [5.41, 5.74) is -0.198. The van der Waals surface area contributed by atoms with Gasteiger partial charge in [-0.05, 0) is 50.7 Å². The van der Waals surface area contributed by atoms with Gasteiger partial charge in [0.25, 0.3) is 0 Å². The highest BCUT2D eigenvalue weighted by molar-refractivity contribution is 5.98. The molecule has 4 nitrogen and oxygen atoms in total. The summed E-state index contributed by atoms with van der Waals surface area (Å²) in [6.07, 6.45) is 9.68. The second kappa shape index (κ2) is 7.40. The average molecular weight is 318 g/mol. The van der Waals surface area contributed by atoms with E-state index in [1.807, 2.05) is 6.08 Å². The van der Waals surface area contributed by atoms with Gasteiger partial charge in [0.1, 0.15) is 17.2 Å². The standard InChI is InChI=1S/C18H23FN2O2/c1-4-17(22)21-16-11-14(15(23-3)12-20-16)6-5-13-7-9-18(2,19)10-8-13/h4-6,11-13H,1,7-10H2,2-3H3,(H,20,21,22)/b6-5+. The van der Waals surface area contributed by atoms with Crippen LogP contribution in [-0.2, 0) is 4.79 Å². The van der Waals surface area contributed by atoms with Crippen LogP contribution in [-0.4, -0.2) is 23.7 Å². The van der Waals surface area contributed by atoms with Gasteiger partial charge in [-0.1, -0.05) is 18.7 Å². The zero-order chi connectivity index (χ0) is 16.9. The molecule has 124 valence electrons. The molecule has 0 bridgehead atoms. The number of rotatable bonds is 5. The molecule has 2 rings (SSSR count). The number of nitrogens with one attached hydrogen (secondary N) is 1. The second-order valence-corrected chi connectivity index (χ2v) is 6.11. The first-order valence-corrected chi connectivity index (χ1v) is 7.78. The molecule has 0 radical (unpaired) electrons. The molecule has 1 aromatic heterocycles. The van der Waals surface area contributed by atoms with Crippen LogP contribution in [0.5, 0.6) is 5.75 Å². The van der Waals surface area contributed by atoms with Crippen molar-refractivity contribution < 1.29 is 13.9 Å². The molecule has 0 aliphatic heterocycles. The van der Waals surface area contributed by atoms with Gasteiger partial charge in [0.05, 0.1) is 13.3 Å². The maximum absolute atomic E-state index is 13.8. The topological polar surface area (TPSA) is 51.2 Å². The zero-order valence-electron chi connectivity index (χ0n) is 13.6. The van der Waals surface area contributed by atoms with Crippen molar-refractivity contribution in [3.05, 3.63) is 36.6 Å². The largest absolute Gasteiger partial charge is 0.495 e. The molecule has 1 aliphatic carbocycles. The molecule has 1 aromatic rings. The quantitative estimate of drug-likeness (QED) is 0.830. The molecule has 5 heteroatoms. The summed E-state index contributed by atoms with van der Waals surface area (Å²) >= 11 is 0. The molecule has 23 heavy (non-hydrogen) atoms. The summed E-state index contributed by atoms with van der Waals surface area (Å²) in [7, 11) is 1.57. The lowest BCUT2D eigenvalue weighted by Gasteiger charge is -2.29. The number of nitrogens with zero attached hydrogens (tertiary/aromatic N) is 1. The van der Waals surface area contributed by atoms with E-state index < -0.39 is 5.67 Å². The molecule has 1 saturated carbocycles. The van der Waals surface area contributed by atoms with Gasteiger partial charge in [-0.25, -0.2) is 9.37 Å². The Bertz CT molecular complexity index is 601. The van der Waals surface area contributed by atoms with E-state index in [0.717, 1.165) is 18.4 Å². The van der Waals surface area contributed by atoms with E-state index in [0.29, 0.717) is 30.3 Å². The molecule has 0 saturated heterocycles. The second-order valence-electron chi connectivity index (χ2n) is 6.11. The number of ether oxygens (including phenoxy) is 1. The number of aromatic nitrogens is 1. The van der Waals surface area contributed by atoms with Gasteiger partial charge in [0.2, 0.25) is 5.91 Å². The van der Waals surface area contributed by atoms with Crippen LogP contribution in [0.25, 0.3) is 6.08 Å². The number of carbonyl (C=O) groups is 1.